The minimum Gasteiger partial charge on any atom is -0.461 e. The van der Waals surface area contributed by atoms with E-state index in [0.717, 1.165) is 16.0 Å². The lowest BCUT2D eigenvalue weighted by Crippen LogP contribution is -2.11. The van der Waals surface area contributed by atoms with Crippen molar-refractivity contribution >= 4 is 45.0 Å². The molecule has 0 radical (unpaired) electrons. The lowest BCUT2D eigenvalue weighted by molar-refractivity contribution is 0.0520. The van der Waals surface area contributed by atoms with Gasteiger partial charge in [0.2, 0.25) is 0 Å². The Morgan fingerprint density at radius 1 is 1.40 bits per heavy atom. The number of rotatable bonds is 4. The topological polar surface area (TPSA) is 45.3 Å². The van der Waals surface area contributed by atoms with Crippen molar-refractivity contribution in [3.63, 3.8) is 0 Å². The summed E-state index contributed by atoms with van der Waals surface area (Å²) in [6.07, 6.45) is 0. The highest BCUT2D eigenvalue weighted by Gasteiger charge is 2.16. The summed E-state index contributed by atoms with van der Waals surface area (Å²) in [5.41, 5.74) is 1.36. The Balaban J connectivity index is 2.28. The molecule has 0 atom stereocenters. The Labute approximate surface area is 130 Å². The molecule has 0 saturated heterocycles. The number of H-pyrrole nitrogens is 1. The highest BCUT2D eigenvalue weighted by atomic mass is 79.9. The van der Waals surface area contributed by atoms with Crippen LogP contribution in [0, 0.1) is 0 Å². The first-order chi connectivity index (χ1) is 9.52. The summed E-state index contributed by atoms with van der Waals surface area (Å²) in [6.45, 7) is 2.12. The second-order valence-electron chi connectivity index (χ2n) is 4.14. The van der Waals surface area contributed by atoms with E-state index in [9.17, 15) is 4.79 Å². The molecular weight excluding hydrogens is 344 g/mol. The summed E-state index contributed by atoms with van der Waals surface area (Å²) in [7, 11) is 1.90. The molecule has 1 N–H and O–H groups in total. The van der Waals surface area contributed by atoms with Gasteiger partial charge in [0.25, 0.3) is 0 Å². The van der Waals surface area contributed by atoms with Crippen LogP contribution < -0.4 is 4.90 Å². The van der Waals surface area contributed by atoms with E-state index in [1.165, 1.54) is 0 Å². The second-order valence-corrected chi connectivity index (χ2v) is 5.43. The van der Waals surface area contributed by atoms with E-state index in [2.05, 4.69) is 20.9 Å². The number of carbonyl (C=O) groups is 1. The van der Waals surface area contributed by atoms with Crippen molar-refractivity contribution in [2.75, 3.05) is 18.6 Å². The molecule has 0 spiro atoms. The van der Waals surface area contributed by atoms with E-state index >= 15 is 0 Å². The summed E-state index contributed by atoms with van der Waals surface area (Å²) in [5.74, 6) is 0.402. The van der Waals surface area contributed by atoms with Crippen LogP contribution in [0.2, 0.25) is 5.02 Å². The molecule has 0 bridgehead atoms. The number of benzene rings is 1. The van der Waals surface area contributed by atoms with E-state index in [1.807, 2.05) is 36.2 Å². The molecule has 0 aliphatic carbocycles. The quantitative estimate of drug-likeness (QED) is 0.826. The smallest absolute Gasteiger partial charge is 0.354 e. The summed E-state index contributed by atoms with van der Waals surface area (Å²) >= 11 is 9.32. The Bertz CT molecular complexity index is 610. The van der Waals surface area contributed by atoms with Crippen LogP contribution in [-0.2, 0) is 4.74 Å². The highest BCUT2D eigenvalue weighted by Crippen LogP contribution is 2.31. The van der Waals surface area contributed by atoms with Gasteiger partial charge in [-0.1, -0.05) is 11.6 Å². The molecule has 0 unspecified atom stereocenters. The highest BCUT2D eigenvalue weighted by molar-refractivity contribution is 9.10. The second kappa shape index (κ2) is 6.33. The number of halogens is 2. The molecule has 4 nitrogen and oxygen atoms in total. The molecule has 106 valence electrons. The zero-order valence-electron chi connectivity index (χ0n) is 11.1. The van der Waals surface area contributed by atoms with Gasteiger partial charge in [0.1, 0.15) is 11.5 Å². The predicted molar refractivity (Wildman–Crippen MR) is 84.0 cm³/mol. The fraction of sp³-hybridized carbons (Fsp3) is 0.214. The van der Waals surface area contributed by atoms with Crippen LogP contribution >= 0.6 is 27.5 Å². The molecular formula is C14H14BrClN2O2. The standard InChI is InChI=1S/C14H14BrClN2O2/c1-3-20-14(19)12-8-11(15)13(17-12)18(2)10-6-4-9(16)5-7-10/h4-8,17H,3H2,1-2H3. The number of anilines is 2. The predicted octanol–water partition coefficient (Wildman–Crippen LogP) is 4.38. The van der Waals surface area contributed by atoms with E-state index < -0.39 is 0 Å². The number of carbonyl (C=O) groups excluding carboxylic acids is 1. The summed E-state index contributed by atoms with van der Waals surface area (Å²) < 4.78 is 5.76. The van der Waals surface area contributed by atoms with Crippen LogP contribution in [0.25, 0.3) is 0 Å². The minimum absolute atomic E-state index is 0.345. The molecule has 0 aliphatic heterocycles. The van der Waals surface area contributed by atoms with Crippen LogP contribution in [0.1, 0.15) is 17.4 Å². The molecule has 1 heterocycles. The average Bonchev–Trinajstić information content (AvgIpc) is 2.81. The molecule has 0 aliphatic rings. The van der Waals surface area contributed by atoms with Gasteiger partial charge in [0, 0.05) is 17.8 Å². The van der Waals surface area contributed by atoms with Crippen molar-refractivity contribution in [3.05, 3.63) is 45.5 Å². The first-order valence-electron chi connectivity index (χ1n) is 6.08. The molecule has 1 aromatic carbocycles. The molecule has 2 aromatic rings. The number of hydrogen-bond donors (Lipinski definition) is 1. The maximum absolute atomic E-state index is 11.7. The summed E-state index contributed by atoms with van der Waals surface area (Å²) in [5, 5.41) is 0.680. The third kappa shape index (κ3) is 3.16. The zero-order chi connectivity index (χ0) is 14.7. The van der Waals surface area contributed by atoms with Crippen LogP contribution in [-0.4, -0.2) is 24.6 Å². The first-order valence-corrected chi connectivity index (χ1v) is 7.25. The number of aromatic amines is 1. The lowest BCUT2D eigenvalue weighted by Gasteiger charge is -2.18. The van der Waals surface area contributed by atoms with E-state index in [4.69, 9.17) is 16.3 Å². The van der Waals surface area contributed by atoms with Gasteiger partial charge in [-0.2, -0.15) is 0 Å². The van der Waals surface area contributed by atoms with Crippen molar-refractivity contribution in [2.24, 2.45) is 0 Å². The number of hydrogen-bond acceptors (Lipinski definition) is 3. The number of esters is 1. The summed E-state index contributed by atoms with van der Waals surface area (Å²) in [6, 6.07) is 9.14. The third-order valence-corrected chi connectivity index (χ3v) is 3.65. The Kier molecular flexibility index (Phi) is 4.73. The molecule has 0 fully saturated rings. The molecule has 0 saturated carbocycles. The minimum atomic E-state index is -0.371. The normalized spacial score (nSPS) is 10.4. The van der Waals surface area contributed by atoms with Gasteiger partial charge in [-0.3, -0.25) is 0 Å². The zero-order valence-corrected chi connectivity index (χ0v) is 13.5. The van der Waals surface area contributed by atoms with Crippen molar-refractivity contribution in [2.45, 2.75) is 6.92 Å². The first kappa shape index (κ1) is 14.9. The largest absolute Gasteiger partial charge is 0.461 e. The maximum atomic E-state index is 11.7. The Morgan fingerprint density at radius 3 is 2.65 bits per heavy atom. The van der Waals surface area contributed by atoms with Crippen LogP contribution in [0.5, 0.6) is 0 Å². The van der Waals surface area contributed by atoms with Gasteiger partial charge < -0.3 is 14.6 Å². The molecule has 0 amide bonds. The van der Waals surface area contributed by atoms with Gasteiger partial charge in [0.15, 0.2) is 0 Å². The Hall–Kier alpha value is -1.46. The summed E-state index contributed by atoms with van der Waals surface area (Å²) in [4.78, 5) is 16.7. The third-order valence-electron chi connectivity index (χ3n) is 2.80. The van der Waals surface area contributed by atoms with Gasteiger partial charge >= 0.3 is 5.97 Å². The van der Waals surface area contributed by atoms with E-state index in [1.54, 1.807) is 13.0 Å². The SMILES string of the molecule is CCOC(=O)c1cc(Br)c(N(C)c2ccc(Cl)cc2)[nH]1. The fourth-order valence-corrected chi connectivity index (χ4v) is 2.50. The fourth-order valence-electron chi connectivity index (χ4n) is 1.78. The maximum Gasteiger partial charge on any atom is 0.354 e. The van der Waals surface area contributed by atoms with Crippen molar-refractivity contribution in [3.8, 4) is 0 Å². The van der Waals surface area contributed by atoms with Crippen LogP contribution in [0.3, 0.4) is 0 Å². The lowest BCUT2D eigenvalue weighted by atomic mass is 10.3. The Morgan fingerprint density at radius 2 is 2.05 bits per heavy atom. The van der Waals surface area contributed by atoms with Gasteiger partial charge in [0.05, 0.1) is 11.1 Å². The molecule has 1 aromatic heterocycles. The molecule has 20 heavy (non-hydrogen) atoms. The van der Waals surface area contributed by atoms with Gasteiger partial charge in [-0.15, -0.1) is 0 Å². The van der Waals surface area contributed by atoms with Crippen LogP contribution in [0.15, 0.2) is 34.8 Å². The van der Waals surface area contributed by atoms with Gasteiger partial charge in [-0.05, 0) is 53.2 Å². The van der Waals surface area contributed by atoms with Gasteiger partial charge in [-0.25, -0.2) is 4.79 Å². The van der Waals surface area contributed by atoms with Crippen LogP contribution in [0.4, 0.5) is 11.5 Å². The monoisotopic (exact) mass is 356 g/mol. The molecule has 6 heteroatoms. The van der Waals surface area contributed by atoms with E-state index in [0.29, 0.717) is 17.3 Å². The van der Waals surface area contributed by atoms with Crippen molar-refractivity contribution < 1.29 is 9.53 Å². The molecule has 2 rings (SSSR count). The average molecular weight is 358 g/mol. The number of aromatic nitrogens is 1. The number of nitrogens with zero attached hydrogens (tertiary/aromatic N) is 1. The number of nitrogens with one attached hydrogen (secondary N) is 1. The van der Waals surface area contributed by atoms with Crippen molar-refractivity contribution in [1.82, 2.24) is 4.98 Å². The number of ether oxygens (including phenoxy) is 1. The van der Waals surface area contributed by atoms with Crippen molar-refractivity contribution in [1.29, 1.82) is 0 Å². The van der Waals surface area contributed by atoms with E-state index in [-0.39, 0.29) is 5.97 Å².